The predicted octanol–water partition coefficient (Wildman–Crippen LogP) is 1.52. The quantitative estimate of drug-likeness (QED) is 0.699. The van der Waals surface area contributed by atoms with Crippen molar-refractivity contribution in [3.8, 4) is 0 Å². The zero-order valence-electron chi connectivity index (χ0n) is 11.5. The van der Waals surface area contributed by atoms with Crippen molar-refractivity contribution in [3.05, 3.63) is 35.9 Å². The van der Waals surface area contributed by atoms with Gasteiger partial charge in [0.2, 0.25) is 0 Å². The molecule has 1 aromatic rings. The number of rotatable bonds is 9. The summed E-state index contributed by atoms with van der Waals surface area (Å²) in [5.41, 5.74) is 0.709. The fourth-order valence-electron chi connectivity index (χ4n) is 1.89. The minimum atomic E-state index is -3.66. The summed E-state index contributed by atoms with van der Waals surface area (Å²) < 4.78 is 29.1. The number of carbonyl (C=O) groups is 1. The second-order valence-electron chi connectivity index (χ2n) is 4.58. The van der Waals surface area contributed by atoms with Gasteiger partial charge in [-0.1, -0.05) is 30.3 Å². The molecular weight excluding hydrogens is 280 g/mol. The van der Waals surface area contributed by atoms with Gasteiger partial charge < -0.3 is 9.84 Å². The molecule has 0 fully saturated rings. The lowest BCUT2D eigenvalue weighted by molar-refractivity contribution is -0.136. The lowest BCUT2D eigenvalue weighted by atomic mass is 10.1. The number of hydrogen-bond donors (Lipinski definition) is 1. The van der Waals surface area contributed by atoms with Gasteiger partial charge in [0, 0.05) is 13.7 Å². The first-order valence-electron chi connectivity index (χ1n) is 6.44. The highest BCUT2D eigenvalue weighted by molar-refractivity contribution is 7.92. The molecule has 5 nitrogen and oxygen atoms in total. The van der Waals surface area contributed by atoms with Crippen molar-refractivity contribution in [2.24, 2.45) is 0 Å². The van der Waals surface area contributed by atoms with Gasteiger partial charge in [-0.25, -0.2) is 8.42 Å². The van der Waals surface area contributed by atoms with Crippen LogP contribution in [0, 0.1) is 0 Å². The van der Waals surface area contributed by atoms with Gasteiger partial charge in [0.05, 0.1) is 5.75 Å². The normalized spacial score (nSPS) is 13.1. The standard InChI is InChI=1S/C14H20O5S/c1-19-9-5-6-10-20(17,18)13(14(15)16)11-12-7-3-2-4-8-12/h2-4,7-8,13H,5-6,9-11H2,1H3,(H,15,16). The van der Waals surface area contributed by atoms with E-state index in [1.807, 2.05) is 0 Å². The Balaban J connectivity index is 2.72. The second kappa shape index (κ2) is 8.01. The zero-order valence-corrected chi connectivity index (χ0v) is 12.3. The third-order valence-electron chi connectivity index (χ3n) is 3.00. The van der Waals surface area contributed by atoms with Gasteiger partial charge in [-0.05, 0) is 24.8 Å². The smallest absolute Gasteiger partial charge is 0.322 e. The maximum Gasteiger partial charge on any atom is 0.322 e. The van der Waals surface area contributed by atoms with Gasteiger partial charge >= 0.3 is 5.97 Å². The number of aliphatic carboxylic acids is 1. The summed E-state index contributed by atoms with van der Waals surface area (Å²) in [5.74, 6) is -1.42. The number of hydrogen-bond acceptors (Lipinski definition) is 4. The number of unbranched alkanes of at least 4 members (excludes halogenated alkanes) is 1. The van der Waals surface area contributed by atoms with Crippen LogP contribution in [0.3, 0.4) is 0 Å². The first-order valence-corrected chi connectivity index (χ1v) is 8.16. The first kappa shape index (κ1) is 16.7. The monoisotopic (exact) mass is 300 g/mol. The minimum absolute atomic E-state index is 0.00276. The Morgan fingerprint density at radius 3 is 2.45 bits per heavy atom. The topological polar surface area (TPSA) is 80.7 Å². The summed E-state index contributed by atoms with van der Waals surface area (Å²) in [6.07, 6.45) is 1.02. The van der Waals surface area contributed by atoms with Crippen molar-refractivity contribution >= 4 is 15.8 Å². The first-order chi connectivity index (χ1) is 9.47. The van der Waals surface area contributed by atoms with Crippen molar-refractivity contribution in [1.29, 1.82) is 0 Å². The van der Waals surface area contributed by atoms with Gasteiger partial charge in [0.25, 0.3) is 0 Å². The molecule has 0 spiro atoms. The van der Waals surface area contributed by atoms with E-state index in [2.05, 4.69) is 0 Å². The molecule has 0 aliphatic carbocycles. The number of sulfone groups is 1. The van der Waals surface area contributed by atoms with Crippen LogP contribution in [0.25, 0.3) is 0 Å². The second-order valence-corrected chi connectivity index (χ2v) is 6.89. The highest BCUT2D eigenvalue weighted by Gasteiger charge is 2.31. The van der Waals surface area contributed by atoms with E-state index in [1.54, 1.807) is 37.4 Å². The van der Waals surface area contributed by atoms with Crippen molar-refractivity contribution < 1.29 is 23.1 Å². The molecule has 1 aromatic carbocycles. The number of benzene rings is 1. The van der Waals surface area contributed by atoms with Crippen LogP contribution in [0.1, 0.15) is 18.4 Å². The van der Waals surface area contributed by atoms with Gasteiger partial charge in [-0.3, -0.25) is 4.79 Å². The maximum atomic E-state index is 12.1. The van der Waals surface area contributed by atoms with Crippen LogP contribution >= 0.6 is 0 Å². The van der Waals surface area contributed by atoms with Gasteiger partial charge in [0.15, 0.2) is 15.1 Å². The number of methoxy groups -OCH3 is 1. The van der Waals surface area contributed by atoms with Crippen molar-refractivity contribution in [1.82, 2.24) is 0 Å². The molecular formula is C14H20O5S. The zero-order chi connectivity index (χ0) is 15.0. The molecule has 6 heteroatoms. The molecule has 112 valence electrons. The fraction of sp³-hybridized carbons (Fsp3) is 0.500. The number of carboxylic acid groups (broad SMARTS) is 1. The summed E-state index contributed by atoms with van der Waals surface area (Å²) >= 11 is 0. The Hall–Kier alpha value is -1.40. The van der Waals surface area contributed by atoms with Crippen molar-refractivity contribution in [3.63, 3.8) is 0 Å². The van der Waals surface area contributed by atoms with Gasteiger partial charge in [-0.2, -0.15) is 0 Å². The molecule has 0 aromatic heterocycles. The Morgan fingerprint density at radius 2 is 1.90 bits per heavy atom. The SMILES string of the molecule is COCCCCS(=O)(=O)C(Cc1ccccc1)C(=O)O. The van der Waals surface area contributed by atoms with E-state index < -0.39 is 21.1 Å². The van der Waals surface area contributed by atoms with E-state index in [-0.39, 0.29) is 12.2 Å². The van der Waals surface area contributed by atoms with E-state index in [4.69, 9.17) is 9.84 Å². The molecule has 1 N–H and O–H groups in total. The van der Waals surface area contributed by atoms with E-state index in [9.17, 15) is 13.2 Å². The molecule has 0 heterocycles. The molecule has 0 aliphatic rings. The molecule has 1 rings (SSSR count). The van der Waals surface area contributed by atoms with E-state index in [0.717, 1.165) is 0 Å². The Labute approximate surface area is 119 Å². The minimum Gasteiger partial charge on any atom is -0.480 e. The Kier molecular flexibility index (Phi) is 6.67. The van der Waals surface area contributed by atoms with Crippen LogP contribution in [0.2, 0.25) is 0 Å². The number of ether oxygens (including phenoxy) is 1. The highest BCUT2D eigenvalue weighted by atomic mass is 32.2. The van der Waals surface area contributed by atoms with Crippen LogP contribution in [0.15, 0.2) is 30.3 Å². The van der Waals surface area contributed by atoms with Crippen molar-refractivity contribution in [2.75, 3.05) is 19.5 Å². The Bertz CT molecular complexity index is 510. The van der Waals surface area contributed by atoms with Gasteiger partial charge in [-0.15, -0.1) is 0 Å². The van der Waals surface area contributed by atoms with Crippen LogP contribution in [-0.2, 0) is 25.8 Å². The Morgan fingerprint density at radius 1 is 1.25 bits per heavy atom. The highest BCUT2D eigenvalue weighted by Crippen LogP contribution is 2.13. The third kappa shape index (κ3) is 5.30. The average molecular weight is 300 g/mol. The fourth-order valence-corrected chi connectivity index (χ4v) is 3.53. The molecule has 0 saturated heterocycles. The summed E-state index contributed by atoms with van der Waals surface area (Å²) in [5, 5.41) is 7.79. The molecule has 0 amide bonds. The van der Waals surface area contributed by atoms with E-state index >= 15 is 0 Å². The summed E-state index contributed by atoms with van der Waals surface area (Å²) in [4.78, 5) is 11.2. The number of carboxylic acids is 1. The van der Waals surface area contributed by atoms with Crippen LogP contribution in [-0.4, -0.2) is 44.2 Å². The molecule has 0 radical (unpaired) electrons. The predicted molar refractivity (Wildman–Crippen MR) is 76.5 cm³/mol. The summed E-state index contributed by atoms with van der Waals surface area (Å²) in [6, 6.07) is 8.80. The molecule has 0 saturated carbocycles. The maximum absolute atomic E-state index is 12.1. The van der Waals surface area contributed by atoms with Crippen LogP contribution in [0.5, 0.6) is 0 Å². The third-order valence-corrected chi connectivity index (χ3v) is 5.09. The van der Waals surface area contributed by atoms with E-state index in [0.29, 0.717) is 25.0 Å². The summed E-state index contributed by atoms with van der Waals surface area (Å²) in [6.45, 7) is 0.478. The van der Waals surface area contributed by atoms with E-state index in [1.165, 1.54) is 0 Å². The molecule has 1 atom stereocenters. The molecule has 0 bridgehead atoms. The molecule has 1 unspecified atom stereocenters. The van der Waals surface area contributed by atoms with Crippen LogP contribution < -0.4 is 0 Å². The average Bonchev–Trinajstić information content (AvgIpc) is 2.42. The lowest BCUT2D eigenvalue weighted by Gasteiger charge is -2.13. The van der Waals surface area contributed by atoms with Gasteiger partial charge in [0.1, 0.15) is 0 Å². The molecule has 0 aliphatic heterocycles. The summed E-state index contributed by atoms with van der Waals surface area (Å²) in [7, 11) is -2.11. The van der Waals surface area contributed by atoms with Crippen LogP contribution in [0.4, 0.5) is 0 Å². The lowest BCUT2D eigenvalue weighted by Crippen LogP contribution is -2.34. The van der Waals surface area contributed by atoms with Crippen molar-refractivity contribution in [2.45, 2.75) is 24.5 Å². The largest absolute Gasteiger partial charge is 0.480 e. The molecule has 20 heavy (non-hydrogen) atoms.